The molecule has 3 rings (SSSR count). The van der Waals surface area contributed by atoms with Gasteiger partial charge in [0.15, 0.2) is 0 Å². The summed E-state index contributed by atoms with van der Waals surface area (Å²) in [6.45, 7) is 0.160. The Morgan fingerprint density at radius 3 is 2.88 bits per heavy atom. The van der Waals surface area contributed by atoms with E-state index in [2.05, 4.69) is 10.4 Å². The van der Waals surface area contributed by atoms with E-state index in [1.54, 1.807) is 25.2 Å². The number of aliphatic hydroxyl groups excluding tert-OH is 1. The summed E-state index contributed by atoms with van der Waals surface area (Å²) >= 11 is 1.54. The smallest absolute Gasteiger partial charge is 0.273 e. The van der Waals surface area contributed by atoms with Gasteiger partial charge in [0.1, 0.15) is 17.2 Å². The molecule has 0 fully saturated rings. The Kier molecular flexibility index (Phi) is 4.59. The van der Waals surface area contributed by atoms with E-state index in [4.69, 9.17) is 0 Å². The zero-order chi connectivity index (χ0) is 17.1. The van der Waals surface area contributed by atoms with Gasteiger partial charge in [-0.1, -0.05) is 12.1 Å². The molecule has 3 aromatic heterocycles. The maximum Gasteiger partial charge on any atom is 0.273 e. The highest BCUT2D eigenvalue weighted by Crippen LogP contribution is 2.26. The number of nitrogens with one attached hydrogen (secondary N) is 1. The van der Waals surface area contributed by atoms with Crippen LogP contribution in [0, 0.1) is 0 Å². The van der Waals surface area contributed by atoms with Crippen LogP contribution in [-0.4, -0.2) is 32.0 Å². The predicted molar refractivity (Wildman–Crippen MR) is 92.3 cm³/mol. The van der Waals surface area contributed by atoms with Crippen molar-refractivity contribution in [3.63, 3.8) is 0 Å². The summed E-state index contributed by atoms with van der Waals surface area (Å²) in [6.07, 6.45) is 0. The standard InChI is InChI=1S/C16H16N4O3S/c1-19-12(4-2-6-15(19)22)16(23)17-14-10-11(13-5-3-9-24-13)18-20(14)7-8-21/h2-6,9-10,21H,7-8H2,1H3,(H,17,23). The zero-order valence-electron chi connectivity index (χ0n) is 13.0. The second kappa shape index (κ2) is 6.81. The monoisotopic (exact) mass is 344 g/mol. The lowest BCUT2D eigenvalue weighted by atomic mass is 10.3. The average molecular weight is 344 g/mol. The van der Waals surface area contributed by atoms with Gasteiger partial charge in [0.25, 0.3) is 11.5 Å². The van der Waals surface area contributed by atoms with Crippen LogP contribution in [-0.2, 0) is 13.6 Å². The molecule has 1 amide bonds. The van der Waals surface area contributed by atoms with E-state index in [0.29, 0.717) is 5.82 Å². The molecular formula is C16H16N4O3S. The Bertz CT molecular complexity index is 912. The summed E-state index contributed by atoms with van der Waals surface area (Å²) < 4.78 is 2.82. The maximum absolute atomic E-state index is 12.5. The van der Waals surface area contributed by atoms with Crippen molar-refractivity contribution >= 4 is 23.1 Å². The van der Waals surface area contributed by atoms with Gasteiger partial charge in [0.2, 0.25) is 0 Å². The molecule has 8 heteroatoms. The number of amides is 1. The normalized spacial score (nSPS) is 10.8. The van der Waals surface area contributed by atoms with Crippen LogP contribution in [0.3, 0.4) is 0 Å². The van der Waals surface area contributed by atoms with E-state index in [1.165, 1.54) is 26.7 Å². The summed E-state index contributed by atoms with van der Waals surface area (Å²) in [7, 11) is 1.54. The van der Waals surface area contributed by atoms with Gasteiger partial charge in [-0.25, -0.2) is 4.68 Å². The summed E-state index contributed by atoms with van der Waals surface area (Å²) in [6, 6.07) is 10.1. The topological polar surface area (TPSA) is 89.2 Å². The number of rotatable bonds is 5. The first kappa shape index (κ1) is 16.2. The van der Waals surface area contributed by atoms with Crippen molar-refractivity contribution in [3.05, 3.63) is 57.8 Å². The number of anilines is 1. The second-order valence-electron chi connectivity index (χ2n) is 5.10. The highest BCUT2D eigenvalue weighted by molar-refractivity contribution is 7.13. The van der Waals surface area contributed by atoms with Crippen LogP contribution in [0.2, 0.25) is 0 Å². The van der Waals surface area contributed by atoms with Gasteiger partial charge in [-0.3, -0.25) is 9.59 Å². The lowest BCUT2D eigenvalue weighted by Gasteiger charge is -2.09. The van der Waals surface area contributed by atoms with Crippen molar-refractivity contribution < 1.29 is 9.90 Å². The van der Waals surface area contributed by atoms with Crippen molar-refractivity contribution in [1.82, 2.24) is 14.3 Å². The predicted octanol–water partition coefficient (Wildman–Crippen LogP) is 1.55. The summed E-state index contributed by atoms with van der Waals surface area (Å²) in [5.41, 5.74) is 0.707. The Morgan fingerprint density at radius 2 is 2.17 bits per heavy atom. The van der Waals surface area contributed by atoms with Gasteiger partial charge in [0, 0.05) is 19.2 Å². The van der Waals surface area contributed by atoms with Gasteiger partial charge in [-0.15, -0.1) is 11.3 Å². The Balaban J connectivity index is 1.92. The van der Waals surface area contributed by atoms with Crippen molar-refractivity contribution in [3.8, 4) is 10.6 Å². The number of aromatic nitrogens is 3. The lowest BCUT2D eigenvalue weighted by molar-refractivity contribution is 0.101. The van der Waals surface area contributed by atoms with Gasteiger partial charge in [-0.2, -0.15) is 5.10 Å². The minimum absolute atomic E-state index is 0.0990. The van der Waals surface area contributed by atoms with Crippen LogP contribution in [0.1, 0.15) is 10.5 Å². The van der Waals surface area contributed by atoms with Crippen LogP contribution in [0.25, 0.3) is 10.6 Å². The first-order valence-electron chi connectivity index (χ1n) is 7.30. The van der Waals surface area contributed by atoms with Crippen LogP contribution in [0.15, 0.2) is 46.6 Å². The van der Waals surface area contributed by atoms with Crippen molar-refractivity contribution in [2.45, 2.75) is 6.54 Å². The molecule has 124 valence electrons. The van der Waals surface area contributed by atoms with Crippen LogP contribution in [0.4, 0.5) is 5.82 Å². The molecule has 0 saturated carbocycles. The Hall–Kier alpha value is -2.71. The fourth-order valence-electron chi connectivity index (χ4n) is 2.30. The third-order valence-corrected chi connectivity index (χ3v) is 4.42. The van der Waals surface area contributed by atoms with Gasteiger partial charge < -0.3 is 15.0 Å². The van der Waals surface area contributed by atoms with Crippen LogP contribution in [0.5, 0.6) is 0 Å². The number of carbonyl (C=O) groups is 1. The first-order chi connectivity index (χ1) is 11.6. The maximum atomic E-state index is 12.5. The molecule has 0 aromatic carbocycles. The van der Waals surface area contributed by atoms with Crippen LogP contribution < -0.4 is 10.9 Å². The Morgan fingerprint density at radius 1 is 1.33 bits per heavy atom. The number of pyridine rings is 1. The molecule has 0 aliphatic rings. The Labute approximate surface area is 141 Å². The molecule has 0 spiro atoms. The second-order valence-corrected chi connectivity index (χ2v) is 6.05. The SMILES string of the molecule is Cn1c(C(=O)Nc2cc(-c3cccs3)nn2CCO)cccc1=O. The molecule has 0 aliphatic heterocycles. The zero-order valence-corrected chi connectivity index (χ0v) is 13.8. The molecule has 3 heterocycles. The number of thiophene rings is 1. The summed E-state index contributed by atoms with van der Waals surface area (Å²) in [4.78, 5) is 25.1. The third-order valence-electron chi connectivity index (χ3n) is 3.52. The molecule has 2 N–H and O–H groups in total. The summed E-state index contributed by atoms with van der Waals surface area (Å²) in [5.74, 6) is 0.0563. The molecular weight excluding hydrogens is 328 g/mol. The van der Waals surface area contributed by atoms with E-state index >= 15 is 0 Å². The minimum Gasteiger partial charge on any atom is -0.394 e. The number of hydrogen-bond donors (Lipinski definition) is 2. The quantitative estimate of drug-likeness (QED) is 0.735. The molecule has 0 atom stereocenters. The van der Waals surface area contributed by atoms with Crippen molar-refractivity contribution in [2.75, 3.05) is 11.9 Å². The number of hydrogen-bond acceptors (Lipinski definition) is 5. The fourth-order valence-corrected chi connectivity index (χ4v) is 2.98. The first-order valence-corrected chi connectivity index (χ1v) is 8.18. The molecule has 0 aliphatic carbocycles. The molecule has 0 bridgehead atoms. The van der Waals surface area contributed by atoms with Crippen molar-refractivity contribution in [1.29, 1.82) is 0 Å². The van der Waals surface area contributed by atoms with E-state index in [1.807, 2.05) is 17.5 Å². The van der Waals surface area contributed by atoms with E-state index in [-0.39, 0.29) is 24.4 Å². The lowest BCUT2D eigenvalue weighted by Crippen LogP contribution is -2.26. The fraction of sp³-hybridized carbons (Fsp3) is 0.188. The molecule has 0 radical (unpaired) electrons. The van der Waals surface area contributed by atoms with Crippen LogP contribution >= 0.6 is 11.3 Å². The molecule has 7 nitrogen and oxygen atoms in total. The molecule has 0 unspecified atom stereocenters. The summed E-state index contributed by atoms with van der Waals surface area (Å²) in [5, 5.41) is 18.3. The number of nitrogens with zero attached hydrogens (tertiary/aromatic N) is 3. The van der Waals surface area contributed by atoms with Crippen molar-refractivity contribution in [2.24, 2.45) is 7.05 Å². The van der Waals surface area contributed by atoms with E-state index in [9.17, 15) is 14.7 Å². The van der Waals surface area contributed by atoms with Gasteiger partial charge in [0.05, 0.1) is 18.0 Å². The highest BCUT2D eigenvalue weighted by atomic mass is 32.1. The minimum atomic E-state index is -0.410. The van der Waals surface area contributed by atoms with Gasteiger partial charge in [-0.05, 0) is 17.5 Å². The largest absolute Gasteiger partial charge is 0.394 e. The number of carbonyl (C=O) groups excluding carboxylic acids is 1. The number of aliphatic hydroxyl groups is 1. The van der Waals surface area contributed by atoms with E-state index < -0.39 is 5.91 Å². The average Bonchev–Trinajstić information content (AvgIpc) is 3.20. The molecule has 0 saturated heterocycles. The van der Waals surface area contributed by atoms with Gasteiger partial charge >= 0.3 is 0 Å². The third kappa shape index (κ3) is 3.15. The molecule has 24 heavy (non-hydrogen) atoms. The highest BCUT2D eigenvalue weighted by Gasteiger charge is 2.15. The molecule has 3 aromatic rings. The van der Waals surface area contributed by atoms with E-state index in [0.717, 1.165) is 10.6 Å².